The molecule has 0 unspecified atom stereocenters. The van der Waals surface area contributed by atoms with Crippen LogP contribution in [0.25, 0.3) is 5.41 Å². The van der Waals surface area contributed by atoms with Crippen molar-refractivity contribution in [2.75, 3.05) is 0 Å². The van der Waals surface area contributed by atoms with E-state index in [2.05, 4.69) is 70.8 Å². The van der Waals surface area contributed by atoms with Gasteiger partial charge in [0.2, 0.25) is 0 Å². The molecule has 0 bridgehead atoms. The second-order valence-corrected chi connectivity index (χ2v) is 10.9. The second kappa shape index (κ2) is 15.5. The monoisotopic (exact) mass is 522 g/mol. The summed E-state index contributed by atoms with van der Waals surface area (Å²) in [5.41, 5.74) is 1.25. The first-order valence-corrected chi connectivity index (χ1v) is 12.6. The van der Waals surface area contributed by atoms with E-state index >= 15 is 0 Å². The fourth-order valence-corrected chi connectivity index (χ4v) is 6.63. The molecule has 0 saturated carbocycles. The third-order valence-corrected chi connectivity index (χ3v) is 8.28. The van der Waals surface area contributed by atoms with Gasteiger partial charge in [-0.2, -0.15) is 0 Å². The summed E-state index contributed by atoms with van der Waals surface area (Å²) in [4.78, 5) is 0. The van der Waals surface area contributed by atoms with Crippen LogP contribution in [0, 0.1) is 6.07 Å². The van der Waals surface area contributed by atoms with E-state index in [9.17, 15) is 10.5 Å². The van der Waals surface area contributed by atoms with Crippen molar-refractivity contribution in [3.63, 3.8) is 0 Å². The van der Waals surface area contributed by atoms with Crippen molar-refractivity contribution in [3.8, 4) is 0 Å². The number of benzene rings is 1. The van der Waals surface area contributed by atoms with Gasteiger partial charge in [0.05, 0.1) is 0 Å². The number of rotatable bonds is 8. The van der Waals surface area contributed by atoms with Gasteiger partial charge in [0.25, 0.3) is 0 Å². The van der Waals surface area contributed by atoms with Crippen LogP contribution in [0.2, 0.25) is 0 Å². The van der Waals surface area contributed by atoms with Gasteiger partial charge in [-0.3, -0.25) is 9.34 Å². The van der Waals surface area contributed by atoms with E-state index < -0.39 is 8.22 Å². The quantitative estimate of drug-likeness (QED) is 0.293. The van der Waals surface area contributed by atoms with Crippen molar-refractivity contribution >= 4 is 13.7 Å². The molecule has 4 nitrogen and oxygen atoms in total. The summed E-state index contributed by atoms with van der Waals surface area (Å²) in [5, 5.41) is 21.6. The minimum Gasteiger partial charge on any atom is -0.876 e. The molecule has 2 rings (SSSR count). The number of nitrogens with zero attached hydrogens (tertiary/aromatic N) is 3. The molecule has 0 N–H and O–H groups in total. The summed E-state index contributed by atoms with van der Waals surface area (Å²) in [6, 6.07) is 12.3. The molecule has 0 atom stereocenters. The van der Waals surface area contributed by atoms with Crippen molar-refractivity contribution in [2.24, 2.45) is 0 Å². The Labute approximate surface area is 213 Å². The maximum Gasteiger partial charge on any atom is 2.00 e. The molecule has 0 aromatic heterocycles. The van der Waals surface area contributed by atoms with Gasteiger partial charge in [-0.15, -0.1) is 11.2 Å². The first kappa shape index (κ1) is 30.7. The van der Waals surface area contributed by atoms with Gasteiger partial charge in [0, 0.05) is 33.8 Å². The molecule has 1 aromatic rings. The first-order valence-electron chi connectivity index (χ1n) is 11.3. The zero-order chi connectivity index (χ0) is 22.8. The van der Waals surface area contributed by atoms with Crippen LogP contribution < -0.4 is 5.11 Å². The molecule has 1 radical (unpaired) electrons. The fourth-order valence-electron chi connectivity index (χ4n) is 3.85. The van der Waals surface area contributed by atoms with E-state index in [4.69, 9.17) is 0 Å². The molecule has 0 aliphatic heterocycles. The Balaban J connectivity index is 0. The Bertz CT molecular complexity index is 632. The maximum atomic E-state index is 11.1. The van der Waals surface area contributed by atoms with Crippen molar-refractivity contribution in [2.45, 2.75) is 105 Å². The zero-order valence-electron chi connectivity index (χ0n) is 20.7. The van der Waals surface area contributed by atoms with Gasteiger partial charge in [-0.25, -0.2) is 0 Å². The molecule has 1 aromatic carbocycles. The minimum absolute atomic E-state index is 0. The number of hydrogen-bond donors (Lipinski definition) is 0. The normalized spacial score (nSPS) is 14.2. The molecule has 0 amide bonds. The van der Waals surface area contributed by atoms with Crippen LogP contribution in [0.3, 0.4) is 0 Å². The summed E-state index contributed by atoms with van der Waals surface area (Å²) in [6.07, 6.45) is 5.92. The summed E-state index contributed by atoms with van der Waals surface area (Å²) >= 11 is 0. The van der Waals surface area contributed by atoms with Gasteiger partial charge in [0.1, 0.15) is 0 Å². The Morgan fingerprint density at radius 3 is 1.77 bits per heavy atom. The van der Waals surface area contributed by atoms with Gasteiger partial charge >= 0.3 is 26.2 Å². The fraction of sp³-hybridized carbons (Fsp3) is 0.640. The van der Waals surface area contributed by atoms with E-state index in [1.807, 2.05) is 24.3 Å². The molecule has 0 saturated heterocycles. The molecular formula is C25H43N3OPZr. The average Bonchev–Trinajstić information content (AvgIpc) is 2.67. The molecule has 0 spiro atoms. The summed E-state index contributed by atoms with van der Waals surface area (Å²) < 4.78 is 4.87. The molecule has 1 aliphatic carbocycles. The van der Waals surface area contributed by atoms with Gasteiger partial charge in [-0.05, 0) is 86.3 Å². The second-order valence-electron chi connectivity index (χ2n) is 8.94. The van der Waals surface area contributed by atoms with Crippen LogP contribution in [-0.2, 0) is 26.2 Å². The van der Waals surface area contributed by atoms with Gasteiger partial charge in [0.15, 0.2) is 0 Å². The molecule has 173 valence electrons. The maximum absolute atomic E-state index is 11.1. The van der Waals surface area contributed by atoms with Crippen LogP contribution in [-0.4, -0.2) is 39.0 Å². The summed E-state index contributed by atoms with van der Waals surface area (Å²) in [7, 11) is -0.975. The smallest absolute Gasteiger partial charge is 0.876 e. The van der Waals surface area contributed by atoms with Crippen molar-refractivity contribution in [1.29, 1.82) is 0 Å². The average molecular weight is 524 g/mol. The Morgan fingerprint density at radius 1 is 0.968 bits per heavy atom. The summed E-state index contributed by atoms with van der Waals surface area (Å²) in [6.45, 7) is 17.6. The van der Waals surface area contributed by atoms with Crippen LogP contribution in [0.1, 0.15) is 88.1 Å². The van der Waals surface area contributed by atoms with Crippen LogP contribution in [0.4, 0.5) is 0 Å². The topological polar surface area (TPSA) is 51.8 Å². The van der Waals surface area contributed by atoms with Crippen molar-refractivity contribution in [1.82, 2.24) is 9.34 Å². The molecule has 0 heterocycles. The molecule has 0 fully saturated rings. The molecule has 6 heteroatoms. The van der Waals surface area contributed by atoms with E-state index in [1.54, 1.807) is 6.08 Å². The van der Waals surface area contributed by atoms with Crippen LogP contribution in [0.5, 0.6) is 0 Å². The van der Waals surface area contributed by atoms with E-state index in [0.717, 1.165) is 24.8 Å². The van der Waals surface area contributed by atoms with Gasteiger partial charge < -0.3 is 10.5 Å². The molecule has 1 aliphatic rings. The van der Waals surface area contributed by atoms with Crippen LogP contribution >= 0.6 is 8.22 Å². The number of hydrogen-bond acceptors (Lipinski definition) is 3. The summed E-state index contributed by atoms with van der Waals surface area (Å²) in [5.74, 6) is 0.339. The minimum atomic E-state index is -0.975. The third kappa shape index (κ3) is 9.99. The predicted octanol–water partition coefficient (Wildman–Crippen LogP) is 6.40. The number of allylic oxidation sites excluding steroid dienone is 2. The van der Waals surface area contributed by atoms with Crippen molar-refractivity contribution < 1.29 is 32.7 Å². The van der Waals surface area contributed by atoms with Crippen molar-refractivity contribution in [3.05, 3.63) is 53.1 Å². The largest absolute Gasteiger partial charge is 2.00 e. The van der Waals surface area contributed by atoms with Crippen LogP contribution in [0.15, 0.2) is 36.1 Å². The van der Waals surface area contributed by atoms with Gasteiger partial charge in [-0.1, -0.05) is 36.8 Å². The first-order chi connectivity index (χ1) is 14.1. The predicted molar refractivity (Wildman–Crippen MR) is 133 cm³/mol. The Hall–Kier alpha value is -0.337. The standard InChI is InChI=1S/C19H32N3P.C6H10O.Zr.H2/c1-14(2)21(15(3)4)23(22(16(5)6)17(7)8)19(20)18-12-10-9-11-13-18;7-6-4-2-1-3-5-6;;/h9-12,14-17H,1-8H3;4,7H,1-3,5H2;;1H/q-1;;+2;/p-1. The van der Waals surface area contributed by atoms with E-state index in [1.165, 1.54) is 6.42 Å². The molecule has 31 heavy (non-hydrogen) atoms. The van der Waals surface area contributed by atoms with E-state index in [-0.39, 0.29) is 27.6 Å². The zero-order valence-corrected chi connectivity index (χ0v) is 24.1. The molecular weight excluding hydrogens is 480 g/mol. The third-order valence-electron chi connectivity index (χ3n) is 4.94. The van der Waals surface area contributed by atoms with E-state index in [0.29, 0.717) is 35.4 Å². The SMILES string of the molecule is CC(C)N(C(C)C)P(C(=[N-])c1[c]cccc1)N(C(C)C)C(C)C.[HH].[O-]C1=CCCCC1.[Zr+2]. The Kier molecular flexibility index (Phi) is 15.3. The Morgan fingerprint density at radius 2 is 1.48 bits per heavy atom.